The van der Waals surface area contributed by atoms with Gasteiger partial charge in [0.05, 0.1) is 0 Å². The molecule has 1 aromatic carbocycles. The number of piperidine rings is 1. The van der Waals surface area contributed by atoms with Gasteiger partial charge >= 0.3 is 0 Å². The van der Waals surface area contributed by atoms with Crippen molar-refractivity contribution in [3.8, 4) is 11.5 Å². The summed E-state index contributed by atoms with van der Waals surface area (Å²) in [6, 6.07) is 6.20. The molecule has 1 N–H and O–H groups in total. The summed E-state index contributed by atoms with van der Waals surface area (Å²) >= 11 is 0. The van der Waals surface area contributed by atoms with Crippen molar-refractivity contribution in [2.45, 2.75) is 18.8 Å². The van der Waals surface area contributed by atoms with E-state index in [1.165, 1.54) is 12.1 Å². The molecule has 2 aromatic rings. The van der Waals surface area contributed by atoms with Crippen LogP contribution in [0.2, 0.25) is 0 Å². The Bertz CT molecular complexity index is 535. The molecule has 0 amide bonds. The van der Waals surface area contributed by atoms with Crippen molar-refractivity contribution >= 4 is 0 Å². The molecular weight excluding hydrogens is 233 g/mol. The lowest BCUT2D eigenvalue weighted by Crippen LogP contribution is -2.26. The van der Waals surface area contributed by atoms with E-state index >= 15 is 0 Å². The highest BCUT2D eigenvalue weighted by Gasteiger charge is 2.21. The van der Waals surface area contributed by atoms with Gasteiger partial charge in [0.25, 0.3) is 0 Å². The van der Waals surface area contributed by atoms with Gasteiger partial charge in [-0.3, -0.25) is 0 Å². The van der Waals surface area contributed by atoms with Crippen LogP contribution in [0.25, 0.3) is 11.5 Å². The summed E-state index contributed by atoms with van der Waals surface area (Å²) in [5, 5.41) is 11.4. The molecule has 2 heterocycles. The number of nitrogens with zero attached hydrogens (tertiary/aromatic N) is 2. The number of hydrogen-bond donors (Lipinski definition) is 1. The molecule has 0 spiro atoms. The van der Waals surface area contributed by atoms with Crippen LogP contribution < -0.4 is 5.32 Å². The first kappa shape index (κ1) is 11.3. The van der Waals surface area contributed by atoms with Crippen LogP contribution in [0.1, 0.15) is 24.7 Å². The molecule has 3 rings (SSSR count). The Morgan fingerprint density at radius 3 is 2.83 bits per heavy atom. The summed E-state index contributed by atoms with van der Waals surface area (Å²) < 4.78 is 18.8. The number of halogens is 1. The zero-order chi connectivity index (χ0) is 12.4. The zero-order valence-corrected chi connectivity index (χ0v) is 9.90. The minimum Gasteiger partial charge on any atom is -0.420 e. The summed E-state index contributed by atoms with van der Waals surface area (Å²) in [6.07, 6.45) is 2.01. The van der Waals surface area contributed by atoms with Gasteiger partial charge in [-0.25, -0.2) is 4.39 Å². The van der Waals surface area contributed by atoms with Crippen molar-refractivity contribution in [2.24, 2.45) is 0 Å². The number of rotatable bonds is 2. The van der Waals surface area contributed by atoms with E-state index in [0.29, 0.717) is 23.3 Å². The molecule has 1 fully saturated rings. The molecule has 0 atom stereocenters. The predicted octanol–water partition coefficient (Wildman–Crippen LogP) is 2.34. The van der Waals surface area contributed by atoms with E-state index in [1.54, 1.807) is 12.1 Å². The fraction of sp³-hybridized carbons (Fsp3) is 0.385. The van der Waals surface area contributed by atoms with Gasteiger partial charge in [0.2, 0.25) is 11.8 Å². The third-order valence-electron chi connectivity index (χ3n) is 3.20. The molecule has 1 aliphatic heterocycles. The zero-order valence-electron chi connectivity index (χ0n) is 9.90. The molecule has 94 valence electrons. The van der Waals surface area contributed by atoms with Crippen LogP contribution in [0.5, 0.6) is 0 Å². The SMILES string of the molecule is Fc1cccc(-c2nnc(C3CCNCC3)o2)c1. The molecule has 0 unspecified atom stereocenters. The van der Waals surface area contributed by atoms with Gasteiger partial charge in [-0.15, -0.1) is 10.2 Å². The topological polar surface area (TPSA) is 51.0 Å². The first-order valence-electron chi connectivity index (χ1n) is 6.13. The van der Waals surface area contributed by atoms with Crippen LogP contribution in [0.3, 0.4) is 0 Å². The molecule has 1 aliphatic rings. The Labute approximate surface area is 104 Å². The summed E-state index contributed by atoms with van der Waals surface area (Å²) in [5.74, 6) is 1.08. The third-order valence-corrected chi connectivity index (χ3v) is 3.20. The number of benzene rings is 1. The molecule has 0 aliphatic carbocycles. The average Bonchev–Trinajstić information content (AvgIpc) is 2.89. The predicted molar refractivity (Wildman–Crippen MR) is 64.5 cm³/mol. The molecule has 0 radical (unpaired) electrons. The van der Waals surface area contributed by atoms with Crippen molar-refractivity contribution in [3.63, 3.8) is 0 Å². The van der Waals surface area contributed by atoms with E-state index < -0.39 is 0 Å². The van der Waals surface area contributed by atoms with Crippen LogP contribution in [0.4, 0.5) is 4.39 Å². The molecule has 1 saturated heterocycles. The molecule has 0 saturated carbocycles. The van der Waals surface area contributed by atoms with Gasteiger partial charge in [0.15, 0.2) is 0 Å². The van der Waals surface area contributed by atoms with Crippen molar-refractivity contribution in [3.05, 3.63) is 36.0 Å². The summed E-state index contributed by atoms with van der Waals surface area (Å²) in [6.45, 7) is 1.95. The Kier molecular flexibility index (Phi) is 3.06. The van der Waals surface area contributed by atoms with E-state index in [9.17, 15) is 4.39 Å². The second-order valence-corrected chi connectivity index (χ2v) is 4.48. The Morgan fingerprint density at radius 1 is 1.22 bits per heavy atom. The van der Waals surface area contributed by atoms with Crippen LogP contribution in [0, 0.1) is 5.82 Å². The molecule has 0 bridgehead atoms. The van der Waals surface area contributed by atoms with Gasteiger partial charge in [-0.1, -0.05) is 6.07 Å². The van der Waals surface area contributed by atoms with E-state index in [4.69, 9.17) is 4.42 Å². The summed E-state index contributed by atoms with van der Waals surface area (Å²) in [7, 11) is 0. The van der Waals surface area contributed by atoms with Crippen LogP contribution in [0.15, 0.2) is 28.7 Å². The minimum absolute atomic E-state index is 0.297. The fourth-order valence-corrected chi connectivity index (χ4v) is 2.21. The second-order valence-electron chi connectivity index (χ2n) is 4.48. The van der Waals surface area contributed by atoms with Gasteiger partial charge in [-0.2, -0.15) is 0 Å². The van der Waals surface area contributed by atoms with Crippen molar-refractivity contribution in [2.75, 3.05) is 13.1 Å². The monoisotopic (exact) mass is 247 g/mol. The van der Waals surface area contributed by atoms with Crippen LogP contribution in [-0.4, -0.2) is 23.3 Å². The molecular formula is C13H14FN3O. The highest BCUT2D eigenvalue weighted by atomic mass is 19.1. The Morgan fingerprint density at radius 2 is 2.06 bits per heavy atom. The maximum absolute atomic E-state index is 13.1. The van der Waals surface area contributed by atoms with Crippen LogP contribution in [-0.2, 0) is 0 Å². The normalized spacial score (nSPS) is 16.9. The highest BCUT2D eigenvalue weighted by Crippen LogP contribution is 2.27. The molecule has 18 heavy (non-hydrogen) atoms. The molecule has 1 aromatic heterocycles. The Hall–Kier alpha value is -1.75. The van der Waals surface area contributed by atoms with E-state index in [0.717, 1.165) is 25.9 Å². The van der Waals surface area contributed by atoms with E-state index in [1.807, 2.05) is 0 Å². The van der Waals surface area contributed by atoms with Crippen LogP contribution >= 0.6 is 0 Å². The Balaban J connectivity index is 1.84. The lowest BCUT2D eigenvalue weighted by atomic mass is 9.98. The molecule has 4 nitrogen and oxygen atoms in total. The quantitative estimate of drug-likeness (QED) is 0.885. The van der Waals surface area contributed by atoms with Crippen molar-refractivity contribution in [1.29, 1.82) is 0 Å². The summed E-state index contributed by atoms with van der Waals surface area (Å²) in [4.78, 5) is 0. The maximum Gasteiger partial charge on any atom is 0.247 e. The average molecular weight is 247 g/mol. The lowest BCUT2D eigenvalue weighted by molar-refractivity contribution is 0.378. The molecule has 5 heteroatoms. The van der Waals surface area contributed by atoms with E-state index in [-0.39, 0.29) is 5.82 Å². The number of hydrogen-bond acceptors (Lipinski definition) is 4. The first-order valence-corrected chi connectivity index (χ1v) is 6.13. The minimum atomic E-state index is -0.297. The largest absolute Gasteiger partial charge is 0.420 e. The third kappa shape index (κ3) is 2.26. The fourth-order valence-electron chi connectivity index (χ4n) is 2.21. The first-order chi connectivity index (χ1) is 8.83. The lowest BCUT2D eigenvalue weighted by Gasteiger charge is -2.18. The van der Waals surface area contributed by atoms with Gasteiger partial charge in [0.1, 0.15) is 5.82 Å². The highest BCUT2D eigenvalue weighted by molar-refractivity contribution is 5.52. The van der Waals surface area contributed by atoms with Crippen molar-refractivity contribution < 1.29 is 8.81 Å². The number of nitrogens with one attached hydrogen (secondary N) is 1. The summed E-state index contributed by atoms with van der Waals surface area (Å²) in [5.41, 5.74) is 0.627. The van der Waals surface area contributed by atoms with Crippen molar-refractivity contribution in [1.82, 2.24) is 15.5 Å². The van der Waals surface area contributed by atoms with Gasteiger partial charge in [0, 0.05) is 11.5 Å². The van der Waals surface area contributed by atoms with Gasteiger partial charge < -0.3 is 9.73 Å². The smallest absolute Gasteiger partial charge is 0.247 e. The van der Waals surface area contributed by atoms with E-state index in [2.05, 4.69) is 15.5 Å². The maximum atomic E-state index is 13.1. The second kappa shape index (κ2) is 4.86. The van der Waals surface area contributed by atoms with Gasteiger partial charge in [-0.05, 0) is 44.1 Å². The standard InChI is InChI=1S/C13H14FN3O/c14-11-3-1-2-10(8-11)13-17-16-12(18-13)9-4-6-15-7-5-9/h1-3,8-9,15H,4-7H2. The number of aromatic nitrogens is 2.